The predicted octanol–water partition coefficient (Wildman–Crippen LogP) is 5.57. The standard InChI is InChI=1S/C18H27Cl/c1-13-5-10-17(19)15(11-13)12-14-6-8-16(9-7-14)18(2,3)4/h6-9,13,15,17H,5,10-12H2,1-4H3. The second-order valence-corrected chi connectivity index (χ2v) is 7.91. The summed E-state index contributed by atoms with van der Waals surface area (Å²) in [6.45, 7) is 9.15. The van der Waals surface area contributed by atoms with Gasteiger partial charge < -0.3 is 0 Å². The van der Waals surface area contributed by atoms with Gasteiger partial charge in [0, 0.05) is 5.38 Å². The summed E-state index contributed by atoms with van der Waals surface area (Å²) < 4.78 is 0. The lowest BCUT2D eigenvalue weighted by Crippen LogP contribution is -2.26. The maximum Gasteiger partial charge on any atom is 0.0367 e. The van der Waals surface area contributed by atoms with Crippen molar-refractivity contribution in [3.8, 4) is 0 Å². The molecule has 19 heavy (non-hydrogen) atoms. The summed E-state index contributed by atoms with van der Waals surface area (Å²) in [6, 6.07) is 9.16. The predicted molar refractivity (Wildman–Crippen MR) is 85.0 cm³/mol. The SMILES string of the molecule is CC1CCC(Cl)C(Cc2ccc(C(C)(C)C)cc2)C1. The van der Waals surface area contributed by atoms with E-state index in [1.807, 2.05) is 0 Å². The van der Waals surface area contributed by atoms with Crippen LogP contribution in [0.4, 0.5) is 0 Å². The first-order valence-electron chi connectivity index (χ1n) is 7.60. The lowest BCUT2D eigenvalue weighted by molar-refractivity contribution is 0.287. The Labute approximate surface area is 123 Å². The Hall–Kier alpha value is -0.490. The van der Waals surface area contributed by atoms with E-state index in [4.69, 9.17) is 11.6 Å². The molecule has 0 aromatic heterocycles. The molecule has 0 heterocycles. The zero-order chi connectivity index (χ0) is 14.0. The third kappa shape index (κ3) is 3.99. The van der Waals surface area contributed by atoms with Crippen LogP contribution in [-0.4, -0.2) is 5.38 Å². The van der Waals surface area contributed by atoms with Crippen molar-refractivity contribution in [3.05, 3.63) is 35.4 Å². The smallest absolute Gasteiger partial charge is 0.0367 e. The van der Waals surface area contributed by atoms with Crippen molar-refractivity contribution in [3.63, 3.8) is 0 Å². The molecular weight excluding hydrogens is 252 g/mol. The van der Waals surface area contributed by atoms with Gasteiger partial charge in [0.25, 0.3) is 0 Å². The normalized spacial score (nSPS) is 28.4. The topological polar surface area (TPSA) is 0 Å². The molecule has 0 amide bonds. The molecule has 0 N–H and O–H groups in total. The Kier molecular flexibility index (Phi) is 4.61. The molecule has 0 saturated heterocycles. The summed E-state index contributed by atoms with van der Waals surface area (Å²) in [5.74, 6) is 1.50. The molecule has 106 valence electrons. The molecule has 1 aliphatic rings. The Morgan fingerprint density at radius 3 is 2.32 bits per heavy atom. The first-order valence-corrected chi connectivity index (χ1v) is 8.03. The van der Waals surface area contributed by atoms with Gasteiger partial charge in [-0.15, -0.1) is 11.6 Å². The van der Waals surface area contributed by atoms with Crippen molar-refractivity contribution in [1.82, 2.24) is 0 Å². The molecule has 3 atom stereocenters. The molecule has 1 aromatic rings. The average Bonchev–Trinajstić information content (AvgIpc) is 2.33. The van der Waals surface area contributed by atoms with Crippen molar-refractivity contribution < 1.29 is 0 Å². The van der Waals surface area contributed by atoms with Gasteiger partial charge >= 0.3 is 0 Å². The zero-order valence-electron chi connectivity index (χ0n) is 12.7. The van der Waals surface area contributed by atoms with Gasteiger partial charge in [-0.3, -0.25) is 0 Å². The van der Waals surface area contributed by atoms with Crippen molar-refractivity contribution in [2.45, 2.75) is 64.2 Å². The van der Waals surface area contributed by atoms with E-state index in [2.05, 4.69) is 52.0 Å². The summed E-state index contributed by atoms with van der Waals surface area (Å²) in [5, 5.41) is 0.374. The van der Waals surface area contributed by atoms with Crippen LogP contribution in [0.5, 0.6) is 0 Å². The lowest BCUT2D eigenvalue weighted by Gasteiger charge is -2.31. The first kappa shape index (κ1) is 14.9. The highest BCUT2D eigenvalue weighted by atomic mass is 35.5. The van der Waals surface area contributed by atoms with Crippen LogP contribution in [0.3, 0.4) is 0 Å². The summed E-state index contributed by atoms with van der Waals surface area (Å²) in [6.07, 6.45) is 4.92. The van der Waals surface area contributed by atoms with Crippen molar-refractivity contribution in [2.75, 3.05) is 0 Å². The lowest BCUT2D eigenvalue weighted by atomic mass is 9.78. The van der Waals surface area contributed by atoms with Crippen LogP contribution < -0.4 is 0 Å². The molecule has 0 radical (unpaired) electrons. The van der Waals surface area contributed by atoms with Crippen LogP contribution in [0.25, 0.3) is 0 Å². The number of hydrogen-bond acceptors (Lipinski definition) is 0. The molecule has 0 nitrogen and oxygen atoms in total. The maximum absolute atomic E-state index is 6.50. The van der Waals surface area contributed by atoms with E-state index in [1.165, 1.54) is 30.4 Å². The van der Waals surface area contributed by atoms with Gasteiger partial charge in [-0.25, -0.2) is 0 Å². The monoisotopic (exact) mass is 278 g/mol. The number of halogens is 1. The van der Waals surface area contributed by atoms with Crippen molar-refractivity contribution >= 4 is 11.6 Å². The second kappa shape index (κ2) is 5.87. The van der Waals surface area contributed by atoms with E-state index in [-0.39, 0.29) is 5.41 Å². The highest BCUT2D eigenvalue weighted by Gasteiger charge is 2.27. The molecule has 1 aromatic carbocycles. The maximum atomic E-state index is 6.50. The molecule has 1 saturated carbocycles. The summed E-state index contributed by atoms with van der Waals surface area (Å²) in [7, 11) is 0. The Morgan fingerprint density at radius 1 is 1.11 bits per heavy atom. The molecule has 1 aliphatic carbocycles. The highest BCUT2D eigenvalue weighted by molar-refractivity contribution is 6.20. The van der Waals surface area contributed by atoms with Crippen LogP contribution in [-0.2, 0) is 11.8 Å². The van der Waals surface area contributed by atoms with Crippen molar-refractivity contribution in [1.29, 1.82) is 0 Å². The fourth-order valence-corrected chi connectivity index (χ4v) is 3.43. The zero-order valence-corrected chi connectivity index (χ0v) is 13.5. The summed E-state index contributed by atoms with van der Waals surface area (Å²) in [5.41, 5.74) is 3.10. The first-order chi connectivity index (χ1) is 8.86. The van der Waals surface area contributed by atoms with Crippen LogP contribution in [0.2, 0.25) is 0 Å². The van der Waals surface area contributed by atoms with Crippen LogP contribution >= 0.6 is 11.6 Å². The second-order valence-electron chi connectivity index (χ2n) is 7.35. The van der Waals surface area contributed by atoms with E-state index < -0.39 is 0 Å². The molecule has 1 heteroatoms. The minimum Gasteiger partial charge on any atom is -0.123 e. The fourth-order valence-electron chi connectivity index (χ4n) is 3.12. The van der Waals surface area contributed by atoms with Gasteiger partial charge in [0.2, 0.25) is 0 Å². The molecule has 1 fully saturated rings. The van der Waals surface area contributed by atoms with E-state index in [0.717, 1.165) is 12.3 Å². The van der Waals surface area contributed by atoms with Gasteiger partial charge in [-0.05, 0) is 54.1 Å². The van der Waals surface area contributed by atoms with Crippen LogP contribution in [0.15, 0.2) is 24.3 Å². The van der Waals surface area contributed by atoms with E-state index in [0.29, 0.717) is 11.3 Å². The molecule has 0 spiro atoms. The summed E-state index contributed by atoms with van der Waals surface area (Å²) >= 11 is 6.50. The number of benzene rings is 1. The Bertz CT molecular complexity index is 399. The molecule has 3 unspecified atom stereocenters. The molecule has 0 aliphatic heterocycles. The Balaban J connectivity index is 2.03. The van der Waals surface area contributed by atoms with E-state index >= 15 is 0 Å². The number of alkyl halides is 1. The fraction of sp³-hybridized carbons (Fsp3) is 0.667. The van der Waals surface area contributed by atoms with Crippen LogP contribution in [0, 0.1) is 11.8 Å². The number of hydrogen-bond donors (Lipinski definition) is 0. The van der Waals surface area contributed by atoms with Crippen LogP contribution in [0.1, 0.15) is 58.1 Å². The molecule has 2 rings (SSSR count). The van der Waals surface area contributed by atoms with Gasteiger partial charge in [0.05, 0.1) is 0 Å². The minimum absolute atomic E-state index is 0.243. The molecule has 0 bridgehead atoms. The quantitative estimate of drug-likeness (QED) is 0.621. The van der Waals surface area contributed by atoms with Gasteiger partial charge in [-0.2, -0.15) is 0 Å². The van der Waals surface area contributed by atoms with Gasteiger partial charge in [-0.1, -0.05) is 52.0 Å². The largest absolute Gasteiger partial charge is 0.123 e. The third-order valence-electron chi connectivity index (χ3n) is 4.47. The van der Waals surface area contributed by atoms with E-state index in [1.54, 1.807) is 0 Å². The highest BCUT2D eigenvalue weighted by Crippen LogP contribution is 2.34. The minimum atomic E-state index is 0.243. The van der Waals surface area contributed by atoms with Crippen molar-refractivity contribution in [2.24, 2.45) is 11.8 Å². The average molecular weight is 279 g/mol. The molecular formula is C18H27Cl. The third-order valence-corrected chi connectivity index (χ3v) is 5.04. The van der Waals surface area contributed by atoms with Gasteiger partial charge in [0.15, 0.2) is 0 Å². The Morgan fingerprint density at radius 2 is 1.74 bits per heavy atom. The number of rotatable bonds is 2. The summed E-state index contributed by atoms with van der Waals surface area (Å²) in [4.78, 5) is 0. The van der Waals surface area contributed by atoms with E-state index in [9.17, 15) is 0 Å². The van der Waals surface area contributed by atoms with Gasteiger partial charge in [0.1, 0.15) is 0 Å².